The van der Waals surface area contributed by atoms with Crippen molar-refractivity contribution in [2.24, 2.45) is 0 Å². The minimum Gasteiger partial charge on any atom is -0.480 e. The first-order chi connectivity index (χ1) is 10.1. The van der Waals surface area contributed by atoms with Crippen molar-refractivity contribution in [2.75, 3.05) is 4.90 Å². The minimum atomic E-state index is -1.09. The molecule has 0 unspecified atom stereocenters. The molecule has 0 saturated heterocycles. The summed E-state index contributed by atoms with van der Waals surface area (Å²) in [6, 6.07) is 7.04. The number of carboxylic acid groups (broad SMARTS) is 1. The normalized spacial score (nSPS) is 16.6. The van der Waals surface area contributed by atoms with Gasteiger partial charge in [0.15, 0.2) is 0 Å². The molecule has 1 aromatic carbocycles. The van der Waals surface area contributed by atoms with Crippen LogP contribution in [-0.4, -0.2) is 28.0 Å². The summed E-state index contributed by atoms with van der Waals surface area (Å²) < 4.78 is 13.2. The van der Waals surface area contributed by atoms with Crippen LogP contribution >= 0.6 is 0 Å². The molecule has 106 valence electrons. The van der Waals surface area contributed by atoms with E-state index in [2.05, 4.69) is 4.98 Å². The molecule has 1 aliphatic heterocycles. The number of rotatable bonds is 2. The van der Waals surface area contributed by atoms with Gasteiger partial charge < -0.3 is 5.11 Å². The molecule has 1 amide bonds. The summed E-state index contributed by atoms with van der Waals surface area (Å²) in [5.74, 6) is -2.30. The van der Waals surface area contributed by atoms with Crippen molar-refractivity contribution < 1.29 is 19.1 Å². The SMILES string of the molecule is O=C(O)[C@@H]1Cc2ccccc2N1C(=O)c1cncc(F)c1. The molecule has 21 heavy (non-hydrogen) atoms. The van der Waals surface area contributed by atoms with E-state index in [-0.39, 0.29) is 12.0 Å². The Morgan fingerprint density at radius 3 is 2.76 bits per heavy atom. The molecule has 0 radical (unpaired) electrons. The Morgan fingerprint density at radius 2 is 2.05 bits per heavy atom. The molecule has 1 atom stereocenters. The van der Waals surface area contributed by atoms with E-state index in [1.165, 1.54) is 11.1 Å². The molecule has 5 nitrogen and oxygen atoms in total. The lowest BCUT2D eigenvalue weighted by Crippen LogP contribution is -2.42. The van der Waals surface area contributed by atoms with Crippen LogP contribution in [0.15, 0.2) is 42.7 Å². The van der Waals surface area contributed by atoms with Crippen molar-refractivity contribution in [1.82, 2.24) is 4.98 Å². The van der Waals surface area contributed by atoms with Crippen LogP contribution < -0.4 is 4.90 Å². The molecule has 0 saturated carbocycles. The minimum absolute atomic E-state index is 0.0259. The van der Waals surface area contributed by atoms with Gasteiger partial charge in [0.05, 0.1) is 11.8 Å². The molecule has 2 heterocycles. The first kappa shape index (κ1) is 13.2. The van der Waals surface area contributed by atoms with Crippen molar-refractivity contribution in [3.63, 3.8) is 0 Å². The van der Waals surface area contributed by atoms with Gasteiger partial charge in [0, 0.05) is 18.3 Å². The molecular weight excluding hydrogens is 275 g/mol. The first-order valence-electron chi connectivity index (χ1n) is 6.33. The highest BCUT2D eigenvalue weighted by Gasteiger charge is 2.38. The standard InChI is InChI=1S/C15H11FN2O3/c16-11-5-10(7-17-8-11)14(19)18-12-4-2-1-3-9(12)6-13(18)15(20)21/h1-5,7-8,13H,6H2,(H,20,21)/t13-/m0/s1. The third-order valence-corrected chi connectivity index (χ3v) is 3.43. The van der Waals surface area contributed by atoms with Crippen LogP contribution in [-0.2, 0) is 11.2 Å². The van der Waals surface area contributed by atoms with Crippen molar-refractivity contribution in [3.8, 4) is 0 Å². The molecule has 0 fully saturated rings. The number of carbonyl (C=O) groups excluding carboxylic acids is 1. The second-order valence-corrected chi connectivity index (χ2v) is 4.75. The Labute approximate surface area is 119 Å². The van der Waals surface area contributed by atoms with Crippen LogP contribution in [0.25, 0.3) is 0 Å². The molecular formula is C15H11FN2O3. The number of fused-ring (bicyclic) bond motifs is 1. The summed E-state index contributed by atoms with van der Waals surface area (Å²) in [5.41, 5.74) is 1.35. The van der Waals surface area contributed by atoms with Crippen molar-refractivity contribution >= 4 is 17.6 Å². The average molecular weight is 286 g/mol. The second-order valence-electron chi connectivity index (χ2n) is 4.75. The molecule has 6 heteroatoms. The summed E-state index contributed by atoms with van der Waals surface area (Å²) in [6.45, 7) is 0. The Kier molecular flexibility index (Phi) is 3.13. The number of aliphatic carboxylic acids is 1. The fourth-order valence-corrected chi connectivity index (χ4v) is 2.50. The fraction of sp³-hybridized carbons (Fsp3) is 0.133. The maximum atomic E-state index is 13.2. The number of pyridine rings is 1. The Balaban J connectivity index is 2.05. The number of amides is 1. The second kappa shape index (κ2) is 4.97. The van der Waals surface area contributed by atoms with E-state index in [4.69, 9.17) is 0 Å². The number of nitrogens with zero attached hydrogens (tertiary/aromatic N) is 2. The molecule has 2 aromatic rings. The number of hydrogen-bond acceptors (Lipinski definition) is 3. The summed E-state index contributed by atoms with van der Waals surface area (Å²) in [5, 5.41) is 9.32. The van der Waals surface area contributed by atoms with Crippen molar-refractivity contribution in [3.05, 3.63) is 59.7 Å². The Hall–Kier alpha value is -2.76. The predicted octanol–water partition coefficient (Wildman–Crippen LogP) is 1.88. The van der Waals surface area contributed by atoms with Gasteiger partial charge in [-0.25, -0.2) is 9.18 Å². The topological polar surface area (TPSA) is 70.5 Å². The lowest BCUT2D eigenvalue weighted by Gasteiger charge is -2.22. The quantitative estimate of drug-likeness (QED) is 0.915. The van der Waals surface area contributed by atoms with Gasteiger partial charge in [0.1, 0.15) is 11.9 Å². The summed E-state index contributed by atoms with van der Waals surface area (Å²) in [4.78, 5) is 28.8. The maximum Gasteiger partial charge on any atom is 0.327 e. The van der Waals surface area contributed by atoms with Gasteiger partial charge in [-0.3, -0.25) is 14.7 Å². The van der Waals surface area contributed by atoms with E-state index in [1.54, 1.807) is 24.3 Å². The van der Waals surface area contributed by atoms with Gasteiger partial charge in [-0.1, -0.05) is 18.2 Å². The van der Waals surface area contributed by atoms with E-state index >= 15 is 0 Å². The van der Waals surface area contributed by atoms with Crippen LogP contribution in [0.2, 0.25) is 0 Å². The molecule has 1 N–H and O–H groups in total. The lowest BCUT2D eigenvalue weighted by molar-refractivity contribution is -0.138. The maximum absolute atomic E-state index is 13.2. The molecule has 3 rings (SSSR count). The predicted molar refractivity (Wildman–Crippen MR) is 72.6 cm³/mol. The molecule has 0 spiro atoms. The summed E-state index contributed by atoms with van der Waals surface area (Å²) in [6.07, 6.45) is 2.45. The summed E-state index contributed by atoms with van der Waals surface area (Å²) in [7, 11) is 0. The van der Waals surface area contributed by atoms with E-state index in [9.17, 15) is 19.1 Å². The number of anilines is 1. The molecule has 0 bridgehead atoms. The van der Waals surface area contributed by atoms with Crippen LogP contribution in [0.4, 0.5) is 10.1 Å². The smallest absolute Gasteiger partial charge is 0.327 e. The number of aromatic nitrogens is 1. The first-order valence-corrected chi connectivity index (χ1v) is 6.33. The lowest BCUT2D eigenvalue weighted by atomic mass is 10.1. The van der Waals surface area contributed by atoms with Gasteiger partial charge in [-0.05, 0) is 17.7 Å². The molecule has 1 aromatic heterocycles. The summed E-state index contributed by atoms with van der Waals surface area (Å²) >= 11 is 0. The number of hydrogen-bond donors (Lipinski definition) is 1. The number of para-hydroxylation sites is 1. The largest absolute Gasteiger partial charge is 0.480 e. The zero-order valence-corrected chi connectivity index (χ0v) is 10.9. The Morgan fingerprint density at radius 1 is 1.29 bits per heavy atom. The van der Waals surface area contributed by atoms with E-state index in [0.717, 1.165) is 17.8 Å². The van der Waals surface area contributed by atoms with Gasteiger partial charge in [0.2, 0.25) is 0 Å². The highest BCUT2D eigenvalue weighted by molar-refractivity contribution is 6.10. The van der Waals surface area contributed by atoms with E-state index < -0.39 is 23.7 Å². The van der Waals surface area contributed by atoms with Crippen molar-refractivity contribution in [1.29, 1.82) is 0 Å². The van der Waals surface area contributed by atoms with Crippen LogP contribution in [0, 0.1) is 5.82 Å². The number of benzene rings is 1. The Bertz CT molecular complexity index is 732. The highest BCUT2D eigenvalue weighted by atomic mass is 19.1. The van der Waals surface area contributed by atoms with Crippen LogP contribution in [0.3, 0.4) is 0 Å². The van der Waals surface area contributed by atoms with E-state index in [1.807, 2.05) is 0 Å². The molecule has 0 aliphatic carbocycles. The van der Waals surface area contributed by atoms with Crippen LogP contribution in [0.5, 0.6) is 0 Å². The highest BCUT2D eigenvalue weighted by Crippen LogP contribution is 2.33. The number of carbonyl (C=O) groups is 2. The van der Waals surface area contributed by atoms with Crippen molar-refractivity contribution in [2.45, 2.75) is 12.5 Å². The van der Waals surface area contributed by atoms with Crippen LogP contribution in [0.1, 0.15) is 15.9 Å². The monoisotopic (exact) mass is 286 g/mol. The average Bonchev–Trinajstić information content (AvgIpc) is 2.86. The number of halogens is 1. The third kappa shape index (κ3) is 2.24. The zero-order chi connectivity index (χ0) is 15.0. The van der Waals surface area contributed by atoms with Gasteiger partial charge >= 0.3 is 5.97 Å². The van der Waals surface area contributed by atoms with E-state index in [0.29, 0.717) is 5.69 Å². The number of carboxylic acids is 1. The zero-order valence-electron chi connectivity index (χ0n) is 10.9. The van der Waals surface area contributed by atoms with Gasteiger partial charge in [0.25, 0.3) is 5.91 Å². The van der Waals surface area contributed by atoms with Gasteiger partial charge in [-0.15, -0.1) is 0 Å². The van der Waals surface area contributed by atoms with Gasteiger partial charge in [-0.2, -0.15) is 0 Å². The third-order valence-electron chi connectivity index (χ3n) is 3.43. The fourth-order valence-electron chi connectivity index (χ4n) is 2.50. The molecule has 1 aliphatic rings.